The van der Waals surface area contributed by atoms with Crippen molar-refractivity contribution in [2.45, 2.75) is 0 Å². The van der Waals surface area contributed by atoms with Crippen molar-refractivity contribution in [2.75, 3.05) is 17.7 Å². The molecule has 2 N–H and O–H groups in total. The second kappa shape index (κ2) is 9.41. The summed E-state index contributed by atoms with van der Waals surface area (Å²) < 4.78 is 6.82. The van der Waals surface area contributed by atoms with Crippen LogP contribution in [0.2, 0.25) is 0 Å². The molecule has 0 atom stereocenters. The number of para-hydroxylation sites is 2. The number of nitrogens with one attached hydrogen (secondary N) is 2. The molecule has 31 heavy (non-hydrogen) atoms. The number of benzene rings is 3. The lowest BCUT2D eigenvalue weighted by atomic mass is 10.2. The number of anilines is 2. The van der Waals surface area contributed by atoms with Gasteiger partial charge >= 0.3 is 6.03 Å². The van der Waals surface area contributed by atoms with E-state index in [0.717, 1.165) is 11.1 Å². The van der Waals surface area contributed by atoms with E-state index >= 15 is 0 Å². The summed E-state index contributed by atoms with van der Waals surface area (Å²) in [6, 6.07) is 26.1. The number of carbonyl (C=O) groups is 1. The minimum atomic E-state index is -0.453. The highest BCUT2D eigenvalue weighted by Crippen LogP contribution is 2.24. The van der Waals surface area contributed by atoms with Crippen LogP contribution in [0.25, 0.3) is 11.3 Å². The standard InChI is InChI=1S/C24H21N5O2/c1-31-22-15-9-8-14-20(22)27-24(30)28-23-26-21(19-12-6-3-7-13-19)17-29(23)25-16-18-10-4-2-5-11-18/h2-17H,1H3,(H2,26,27,28,30)/b25-16+. The third-order valence-electron chi connectivity index (χ3n) is 4.47. The predicted molar refractivity (Wildman–Crippen MR) is 123 cm³/mol. The first-order valence-electron chi connectivity index (χ1n) is 9.68. The molecule has 0 bridgehead atoms. The lowest BCUT2D eigenvalue weighted by Gasteiger charge is -2.10. The number of aromatic nitrogens is 2. The van der Waals surface area contributed by atoms with E-state index < -0.39 is 6.03 Å². The van der Waals surface area contributed by atoms with Gasteiger partial charge in [-0.25, -0.2) is 14.5 Å². The van der Waals surface area contributed by atoms with Crippen molar-refractivity contribution in [2.24, 2.45) is 5.10 Å². The molecule has 0 aliphatic carbocycles. The molecule has 0 spiro atoms. The van der Waals surface area contributed by atoms with Crippen LogP contribution in [0, 0.1) is 0 Å². The molecule has 0 aliphatic rings. The fourth-order valence-corrected chi connectivity index (χ4v) is 2.96. The molecule has 0 unspecified atom stereocenters. The van der Waals surface area contributed by atoms with Gasteiger partial charge in [-0.15, -0.1) is 0 Å². The second-order valence-electron chi connectivity index (χ2n) is 6.60. The maximum absolute atomic E-state index is 12.6. The Balaban J connectivity index is 1.61. The van der Waals surface area contributed by atoms with Crippen molar-refractivity contribution in [1.82, 2.24) is 9.66 Å². The fraction of sp³-hybridized carbons (Fsp3) is 0.0417. The normalized spacial score (nSPS) is 10.7. The van der Waals surface area contributed by atoms with Crippen LogP contribution in [-0.2, 0) is 0 Å². The van der Waals surface area contributed by atoms with E-state index in [1.165, 1.54) is 4.68 Å². The zero-order chi connectivity index (χ0) is 21.5. The van der Waals surface area contributed by atoms with Crippen molar-refractivity contribution in [3.8, 4) is 17.0 Å². The third kappa shape index (κ3) is 4.97. The highest BCUT2D eigenvalue weighted by atomic mass is 16.5. The Bertz CT molecular complexity index is 1190. The molecule has 0 saturated heterocycles. The Hall–Kier alpha value is -4.39. The molecule has 0 radical (unpaired) electrons. The first kappa shape index (κ1) is 19.9. The molecule has 1 heterocycles. The molecule has 7 nitrogen and oxygen atoms in total. The van der Waals surface area contributed by atoms with Crippen LogP contribution in [0.15, 0.2) is 96.2 Å². The van der Waals surface area contributed by atoms with E-state index in [9.17, 15) is 4.79 Å². The number of rotatable bonds is 6. The molecule has 3 aromatic carbocycles. The molecule has 0 aliphatic heterocycles. The Kier molecular flexibility index (Phi) is 6.04. The Labute approximate surface area is 180 Å². The number of imidazole rings is 1. The van der Waals surface area contributed by atoms with Gasteiger partial charge in [-0.1, -0.05) is 72.8 Å². The van der Waals surface area contributed by atoms with E-state index in [1.54, 1.807) is 31.7 Å². The lowest BCUT2D eigenvalue weighted by molar-refractivity contribution is 0.262. The molecule has 0 fully saturated rings. The number of hydrogen-bond acceptors (Lipinski definition) is 4. The van der Waals surface area contributed by atoms with Crippen molar-refractivity contribution >= 4 is 23.9 Å². The first-order valence-corrected chi connectivity index (χ1v) is 9.68. The number of carbonyl (C=O) groups excluding carboxylic acids is 1. The minimum absolute atomic E-state index is 0.290. The summed E-state index contributed by atoms with van der Waals surface area (Å²) >= 11 is 0. The summed E-state index contributed by atoms with van der Waals surface area (Å²) in [6.07, 6.45) is 3.48. The summed E-state index contributed by atoms with van der Waals surface area (Å²) in [5.74, 6) is 0.853. The quantitative estimate of drug-likeness (QED) is 0.434. The summed E-state index contributed by atoms with van der Waals surface area (Å²) in [5, 5.41) is 10.0. The van der Waals surface area contributed by atoms with Crippen molar-refractivity contribution < 1.29 is 9.53 Å². The lowest BCUT2D eigenvalue weighted by Crippen LogP contribution is -2.21. The van der Waals surface area contributed by atoms with Crippen LogP contribution >= 0.6 is 0 Å². The van der Waals surface area contributed by atoms with E-state index in [-0.39, 0.29) is 0 Å². The van der Waals surface area contributed by atoms with Crippen LogP contribution in [0.3, 0.4) is 0 Å². The topological polar surface area (TPSA) is 80.5 Å². The van der Waals surface area contributed by atoms with Gasteiger partial charge in [0.2, 0.25) is 5.95 Å². The summed E-state index contributed by atoms with van der Waals surface area (Å²) in [6.45, 7) is 0. The Morgan fingerprint density at radius 3 is 2.35 bits per heavy atom. The molecule has 7 heteroatoms. The van der Waals surface area contributed by atoms with E-state index in [2.05, 4.69) is 20.7 Å². The molecular formula is C24H21N5O2. The molecule has 0 saturated carbocycles. The zero-order valence-electron chi connectivity index (χ0n) is 16.9. The average Bonchev–Trinajstić information content (AvgIpc) is 3.21. The van der Waals surface area contributed by atoms with Gasteiger partial charge in [-0.05, 0) is 17.7 Å². The predicted octanol–water partition coefficient (Wildman–Crippen LogP) is 5.08. The monoisotopic (exact) mass is 411 g/mol. The van der Waals surface area contributed by atoms with Gasteiger partial charge in [0, 0.05) is 5.56 Å². The van der Waals surface area contributed by atoms with Crippen LogP contribution in [-0.4, -0.2) is 29.0 Å². The molecule has 154 valence electrons. The minimum Gasteiger partial charge on any atom is -0.495 e. The smallest absolute Gasteiger partial charge is 0.326 e. The fourth-order valence-electron chi connectivity index (χ4n) is 2.96. The van der Waals surface area contributed by atoms with Crippen LogP contribution in [0.5, 0.6) is 5.75 Å². The zero-order valence-corrected chi connectivity index (χ0v) is 16.9. The largest absolute Gasteiger partial charge is 0.495 e. The summed E-state index contributed by atoms with van der Waals surface area (Å²) in [7, 11) is 1.55. The van der Waals surface area contributed by atoms with E-state index in [0.29, 0.717) is 23.1 Å². The van der Waals surface area contributed by atoms with Crippen molar-refractivity contribution in [3.63, 3.8) is 0 Å². The highest BCUT2D eigenvalue weighted by molar-refractivity contribution is 6.00. The van der Waals surface area contributed by atoms with Crippen LogP contribution in [0.1, 0.15) is 5.56 Å². The summed E-state index contributed by atoms with van der Waals surface area (Å²) in [4.78, 5) is 17.2. The SMILES string of the molecule is COc1ccccc1NC(=O)Nc1nc(-c2ccccc2)cn1/N=C/c1ccccc1. The number of ether oxygens (including phenoxy) is 1. The second-order valence-corrected chi connectivity index (χ2v) is 6.60. The van der Waals surface area contributed by atoms with E-state index in [1.807, 2.05) is 72.8 Å². The van der Waals surface area contributed by atoms with Crippen molar-refractivity contribution in [3.05, 3.63) is 96.7 Å². The number of urea groups is 1. The Morgan fingerprint density at radius 2 is 1.61 bits per heavy atom. The number of methoxy groups -OCH3 is 1. The average molecular weight is 411 g/mol. The maximum Gasteiger partial charge on any atom is 0.326 e. The number of amides is 2. The van der Waals surface area contributed by atoms with Gasteiger partial charge < -0.3 is 10.1 Å². The molecular weight excluding hydrogens is 390 g/mol. The van der Waals surface area contributed by atoms with Crippen LogP contribution < -0.4 is 15.4 Å². The molecule has 4 rings (SSSR count). The molecule has 1 aromatic heterocycles. The molecule has 2 amide bonds. The Morgan fingerprint density at radius 1 is 0.935 bits per heavy atom. The summed E-state index contributed by atoms with van der Waals surface area (Å²) in [5.41, 5.74) is 3.10. The van der Waals surface area contributed by atoms with E-state index in [4.69, 9.17) is 4.74 Å². The van der Waals surface area contributed by atoms with Gasteiger partial charge in [0.15, 0.2) is 0 Å². The van der Waals surface area contributed by atoms with Gasteiger partial charge in [0.25, 0.3) is 0 Å². The highest BCUT2D eigenvalue weighted by Gasteiger charge is 2.13. The maximum atomic E-state index is 12.6. The van der Waals surface area contributed by atoms with Gasteiger partial charge in [-0.2, -0.15) is 5.10 Å². The number of hydrogen-bond donors (Lipinski definition) is 2. The first-order chi connectivity index (χ1) is 15.2. The van der Waals surface area contributed by atoms with Gasteiger partial charge in [0.05, 0.1) is 30.9 Å². The van der Waals surface area contributed by atoms with Gasteiger partial charge in [-0.3, -0.25) is 5.32 Å². The molecule has 4 aromatic rings. The number of nitrogens with zero attached hydrogens (tertiary/aromatic N) is 3. The van der Waals surface area contributed by atoms with Gasteiger partial charge in [0.1, 0.15) is 5.75 Å². The third-order valence-corrected chi connectivity index (χ3v) is 4.47. The van der Waals surface area contributed by atoms with Crippen LogP contribution in [0.4, 0.5) is 16.4 Å². The van der Waals surface area contributed by atoms with Crippen molar-refractivity contribution in [1.29, 1.82) is 0 Å².